The van der Waals surface area contributed by atoms with Crippen molar-refractivity contribution in [3.63, 3.8) is 0 Å². The molecule has 0 spiro atoms. The molecular formula is C13H18N4. The summed E-state index contributed by atoms with van der Waals surface area (Å²) in [6.07, 6.45) is 5.49. The van der Waals surface area contributed by atoms with Gasteiger partial charge in [-0.05, 0) is 25.0 Å². The van der Waals surface area contributed by atoms with Gasteiger partial charge in [-0.1, -0.05) is 26.0 Å². The van der Waals surface area contributed by atoms with E-state index in [0.717, 1.165) is 24.2 Å². The first-order valence-electron chi connectivity index (χ1n) is 6.05. The van der Waals surface area contributed by atoms with E-state index in [9.17, 15) is 0 Å². The monoisotopic (exact) mass is 230 g/mol. The molecule has 1 heterocycles. The second kappa shape index (κ2) is 5.48. The van der Waals surface area contributed by atoms with Gasteiger partial charge in [0.2, 0.25) is 0 Å². The molecule has 1 aromatic heterocycles. The minimum Gasteiger partial charge on any atom is -0.381 e. The van der Waals surface area contributed by atoms with Crippen molar-refractivity contribution in [2.75, 3.05) is 5.32 Å². The normalized spacial score (nSPS) is 10.8. The predicted octanol–water partition coefficient (Wildman–Crippen LogP) is 2.87. The second-order valence-electron chi connectivity index (χ2n) is 4.01. The lowest BCUT2D eigenvalue weighted by Crippen LogP contribution is -2.18. The molecule has 0 saturated heterocycles. The number of hydrogen-bond donors (Lipinski definition) is 1. The van der Waals surface area contributed by atoms with Crippen molar-refractivity contribution in [3.05, 3.63) is 36.9 Å². The van der Waals surface area contributed by atoms with Gasteiger partial charge in [0.05, 0.1) is 11.4 Å². The molecule has 0 unspecified atom stereocenters. The molecule has 0 radical (unpaired) electrons. The van der Waals surface area contributed by atoms with Crippen molar-refractivity contribution >= 4 is 5.69 Å². The fraction of sp³-hybridized carbons (Fsp3) is 0.385. The predicted molar refractivity (Wildman–Crippen MR) is 69.4 cm³/mol. The van der Waals surface area contributed by atoms with Crippen LogP contribution in [0.4, 0.5) is 5.69 Å². The Morgan fingerprint density at radius 2 is 2.00 bits per heavy atom. The summed E-state index contributed by atoms with van der Waals surface area (Å²) in [4.78, 5) is 3.98. The van der Waals surface area contributed by atoms with Gasteiger partial charge in [-0.25, -0.2) is 9.67 Å². The van der Waals surface area contributed by atoms with Crippen LogP contribution in [-0.2, 0) is 0 Å². The second-order valence-corrected chi connectivity index (χ2v) is 4.01. The summed E-state index contributed by atoms with van der Waals surface area (Å²) in [5.41, 5.74) is 2.14. The molecular weight excluding hydrogens is 212 g/mol. The quantitative estimate of drug-likeness (QED) is 0.858. The van der Waals surface area contributed by atoms with Gasteiger partial charge in [-0.15, -0.1) is 0 Å². The van der Waals surface area contributed by atoms with Crippen LogP contribution < -0.4 is 5.32 Å². The van der Waals surface area contributed by atoms with E-state index in [1.165, 1.54) is 0 Å². The Balaban J connectivity index is 2.28. The lowest BCUT2D eigenvalue weighted by Gasteiger charge is -2.18. The fourth-order valence-electron chi connectivity index (χ4n) is 1.84. The Morgan fingerprint density at radius 3 is 2.65 bits per heavy atom. The lowest BCUT2D eigenvalue weighted by atomic mass is 10.1. The Kier molecular flexibility index (Phi) is 3.75. The third kappa shape index (κ3) is 2.64. The van der Waals surface area contributed by atoms with E-state index in [4.69, 9.17) is 0 Å². The summed E-state index contributed by atoms with van der Waals surface area (Å²) in [6.45, 7) is 4.39. The van der Waals surface area contributed by atoms with Crippen LogP contribution in [0.2, 0.25) is 0 Å². The van der Waals surface area contributed by atoms with Gasteiger partial charge in [0.1, 0.15) is 12.7 Å². The van der Waals surface area contributed by atoms with Crippen LogP contribution in [0.3, 0.4) is 0 Å². The van der Waals surface area contributed by atoms with Crippen LogP contribution in [-0.4, -0.2) is 20.8 Å². The number of nitrogens with zero attached hydrogens (tertiary/aromatic N) is 3. The van der Waals surface area contributed by atoms with E-state index >= 15 is 0 Å². The van der Waals surface area contributed by atoms with Gasteiger partial charge in [0.15, 0.2) is 0 Å². The van der Waals surface area contributed by atoms with Crippen molar-refractivity contribution in [1.82, 2.24) is 14.8 Å². The van der Waals surface area contributed by atoms with Crippen LogP contribution in [0, 0.1) is 0 Å². The molecule has 0 bridgehead atoms. The smallest absolute Gasteiger partial charge is 0.138 e. The van der Waals surface area contributed by atoms with Crippen LogP contribution >= 0.6 is 0 Å². The van der Waals surface area contributed by atoms with Gasteiger partial charge >= 0.3 is 0 Å². The summed E-state index contributed by atoms with van der Waals surface area (Å²) in [5.74, 6) is 0. The number of benzene rings is 1. The number of para-hydroxylation sites is 2. The highest BCUT2D eigenvalue weighted by molar-refractivity contribution is 5.60. The van der Waals surface area contributed by atoms with E-state index in [0.29, 0.717) is 6.04 Å². The highest BCUT2D eigenvalue weighted by Gasteiger charge is 2.08. The molecule has 4 nitrogen and oxygen atoms in total. The van der Waals surface area contributed by atoms with Crippen molar-refractivity contribution in [3.8, 4) is 5.69 Å². The Morgan fingerprint density at radius 1 is 1.24 bits per heavy atom. The average Bonchev–Trinajstić information content (AvgIpc) is 2.90. The Bertz CT molecular complexity index is 446. The van der Waals surface area contributed by atoms with E-state index in [-0.39, 0.29) is 0 Å². The minimum absolute atomic E-state index is 0.500. The molecule has 0 saturated carbocycles. The highest BCUT2D eigenvalue weighted by atomic mass is 15.3. The lowest BCUT2D eigenvalue weighted by molar-refractivity contribution is 0.670. The zero-order valence-electron chi connectivity index (χ0n) is 10.3. The third-order valence-corrected chi connectivity index (χ3v) is 2.91. The zero-order valence-corrected chi connectivity index (χ0v) is 10.3. The largest absolute Gasteiger partial charge is 0.381 e. The molecule has 2 aromatic rings. The van der Waals surface area contributed by atoms with Crippen molar-refractivity contribution in [1.29, 1.82) is 0 Å². The molecule has 1 aromatic carbocycles. The fourth-order valence-corrected chi connectivity index (χ4v) is 1.84. The van der Waals surface area contributed by atoms with Gasteiger partial charge in [0.25, 0.3) is 0 Å². The van der Waals surface area contributed by atoms with E-state index < -0.39 is 0 Å². The first-order chi connectivity index (χ1) is 8.35. The summed E-state index contributed by atoms with van der Waals surface area (Å²) >= 11 is 0. The number of nitrogens with one attached hydrogen (secondary N) is 1. The maximum atomic E-state index is 4.17. The SMILES string of the molecule is CCC(CC)Nc1ccccc1-n1cncn1. The maximum absolute atomic E-state index is 4.17. The van der Waals surface area contributed by atoms with E-state index in [1.807, 2.05) is 18.2 Å². The number of aromatic nitrogens is 3. The first-order valence-corrected chi connectivity index (χ1v) is 6.05. The van der Waals surface area contributed by atoms with Crippen LogP contribution in [0.15, 0.2) is 36.9 Å². The molecule has 0 amide bonds. The molecule has 0 atom stereocenters. The van der Waals surface area contributed by atoms with Gasteiger partial charge in [-0.2, -0.15) is 5.10 Å². The molecule has 0 aliphatic carbocycles. The van der Waals surface area contributed by atoms with Crippen LogP contribution in [0.25, 0.3) is 5.69 Å². The minimum atomic E-state index is 0.500. The summed E-state index contributed by atoms with van der Waals surface area (Å²) in [7, 11) is 0. The van der Waals surface area contributed by atoms with Gasteiger partial charge in [-0.3, -0.25) is 0 Å². The molecule has 0 fully saturated rings. The Hall–Kier alpha value is -1.84. The number of anilines is 1. The summed E-state index contributed by atoms with van der Waals surface area (Å²) in [6, 6.07) is 8.66. The third-order valence-electron chi connectivity index (χ3n) is 2.91. The molecule has 0 aliphatic rings. The number of rotatable bonds is 5. The van der Waals surface area contributed by atoms with Crippen LogP contribution in [0.1, 0.15) is 26.7 Å². The van der Waals surface area contributed by atoms with E-state index in [1.54, 1.807) is 17.3 Å². The standard InChI is InChI=1S/C13H18N4/c1-3-11(4-2)16-12-7-5-6-8-13(12)17-10-14-9-15-17/h5-11,16H,3-4H2,1-2H3. The average molecular weight is 230 g/mol. The molecule has 4 heteroatoms. The molecule has 17 heavy (non-hydrogen) atoms. The van der Waals surface area contributed by atoms with Crippen LogP contribution in [0.5, 0.6) is 0 Å². The topological polar surface area (TPSA) is 42.7 Å². The summed E-state index contributed by atoms with van der Waals surface area (Å²) < 4.78 is 1.78. The van der Waals surface area contributed by atoms with E-state index in [2.05, 4.69) is 35.3 Å². The van der Waals surface area contributed by atoms with Gasteiger partial charge in [0, 0.05) is 6.04 Å². The Labute approximate surface area is 102 Å². The van der Waals surface area contributed by atoms with Gasteiger partial charge < -0.3 is 5.32 Å². The molecule has 90 valence electrons. The zero-order chi connectivity index (χ0) is 12.1. The molecule has 0 aliphatic heterocycles. The van der Waals surface area contributed by atoms with Crippen molar-refractivity contribution in [2.24, 2.45) is 0 Å². The van der Waals surface area contributed by atoms with Crippen molar-refractivity contribution < 1.29 is 0 Å². The molecule has 1 N–H and O–H groups in total. The molecule has 2 rings (SSSR count). The summed E-state index contributed by atoms with van der Waals surface area (Å²) in [5, 5.41) is 7.72. The number of hydrogen-bond acceptors (Lipinski definition) is 3. The maximum Gasteiger partial charge on any atom is 0.138 e. The van der Waals surface area contributed by atoms with Crippen molar-refractivity contribution in [2.45, 2.75) is 32.7 Å². The first kappa shape index (κ1) is 11.6. The highest BCUT2D eigenvalue weighted by Crippen LogP contribution is 2.20.